The first-order valence-electron chi connectivity index (χ1n) is 7.13. The molecule has 1 N–H and O–H groups in total. The van der Waals surface area contributed by atoms with Gasteiger partial charge in [0.2, 0.25) is 10.0 Å². The van der Waals surface area contributed by atoms with Gasteiger partial charge < -0.3 is 9.30 Å². The Balaban J connectivity index is 1.86. The monoisotopic (exact) mass is 364 g/mol. The highest BCUT2D eigenvalue weighted by molar-refractivity contribution is 7.89. The Morgan fingerprint density at radius 1 is 1.21 bits per heavy atom. The van der Waals surface area contributed by atoms with Crippen molar-refractivity contribution in [2.75, 3.05) is 7.11 Å². The maximum atomic E-state index is 12.5. The zero-order chi connectivity index (χ0) is 17.3. The van der Waals surface area contributed by atoms with Crippen molar-refractivity contribution < 1.29 is 13.2 Å². The van der Waals surface area contributed by atoms with Crippen LogP contribution < -0.4 is 14.3 Å². The Morgan fingerprint density at radius 3 is 2.75 bits per heavy atom. The largest absolute Gasteiger partial charge is 0.497 e. The molecular weight excluding hydrogens is 348 g/mol. The predicted octanol–water partition coefficient (Wildman–Crippen LogP) is 2.09. The molecule has 24 heavy (non-hydrogen) atoms. The normalized spacial score (nSPS) is 11.8. The summed E-state index contributed by atoms with van der Waals surface area (Å²) < 4.78 is 34.8. The molecule has 0 aliphatic heterocycles. The van der Waals surface area contributed by atoms with Crippen LogP contribution in [0.5, 0.6) is 5.75 Å². The first kappa shape index (κ1) is 16.7. The van der Waals surface area contributed by atoms with Crippen LogP contribution in [0.25, 0.3) is 10.2 Å². The van der Waals surface area contributed by atoms with E-state index in [-0.39, 0.29) is 16.3 Å². The van der Waals surface area contributed by atoms with Crippen LogP contribution >= 0.6 is 11.3 Å². The van der Waals surface area contributed by atoms with Crippen molar-refractivity contribution in [2.24, 2.45) is 7.05 Å². The highest BCUT2D eigenvalue weighted by Gasteiger charge is 2.16. The molecule has 3 rings (SSSR count). The second-order valence-electron chi connectivity index (χ2n) is 5.23. The summed E-state index contributed by atoms with van der Waals surface area (Å²) in [5.41, 5.74) is 1.51. The van der Waals surface area contributed by atoms with Crippen molar-refractivity contribution in [3.8, 4) is 5.75 Å². The lowest BCUT2D eigenvalue weighted by atomic mass is 10.2. The fourth-order valence-electron chi connectivity index (χ4n) is 2.33. The standard InChI is InChI=1S/C16H16N2O4S2/c1-18-14-7-6-13(9-15(14)23-16(18)19)24(20,21)17-10-11-4-3-5-12(8-11)22-2/h3-9,17H,10H2,1-2H3. The van der Waals surface area contributed by atoms with Crippen LogP contribution in [-0.2, 0) is 23.6 Å². The van der Waals surface area contributed by atoms with Crippen molar-refractivity contribution in [2.45, 2.75) is 11.4 Å². The maximum Gasteiger partial charge on any atom is 0.307 e. The summed E-state index contributed by atoms with van der Waals surface area (Å²) >= 11 is 1.03. The second kappa shape index (κ2) is 6.39. The van der Waals surface area contributed by atoms with E-state index in [0.717, 1.165) is 22.4 Å². The van der Waals surface area contributed by atoms with E-state index in [9.17, 15) is 13.2 Å². The van der Waals surface area contributed by atoms with Gasteiger partial charge in [0.15, 0.2) is 0 Å². The van der Waals surface area contributed by atoms with Crippen LogP contribution in [0, 0.1) is 0 Å². The third-order valence-corrected chi connectivity index (χ3v) is 6.07. The Hall–Kier alpha value is -2.16. The number of hydrogen-bond donors (Lipinski definition) is 1. The molecule has 0 saturated carbocycles. The Labute approximate surface area is 143 Å². The molecule has 0 unspecified atom stereocenters. The van der Waals surface area contributed by atoms with E-state index in [4.69, 9.17) is 4.74 Å². The van der Waals surface area contributed by atoms with Gasteiger partial charge in [-0.1, -0.05) is 23.5 Å². The topological polar surface area (TPSA) is 77.4 Å². The molecule has 0 atom stereocenters. The van der Waals surface area contributed by atoms with E-state index >= 15 is 0 Å². The van der Waals surface area contributed by atoms with E-state index in [2.05, 4.69) is 4.72 Å². The van der Waals surface area contributed by atoms with Gasteiger partial charge in [-0.3, -0.25) is 4.79 Å². The maximum absolute atomic E-state index is 12.5. The molecule has 0 fully saturated rings. The molecular formula is C16H16N2O4S2. The summed E-state index contributed by atoms with van der Waals surface area (Å²) in [4.78, 5) is 11.7. The third kappa shape index (κ3) is 3.21. The summed E-state index contributed by atoms with van der Waals surface area (Å²) in [6.07, 6.45) is 0. The van der Waals surface area contributed by atoms with Gasteiger partial charge in [0.05, 0.1) is 22.2 Å². The van der Waals surface area contributed by atoms with Crippen molar-refractivity contribution in [3.63, 3.8) is 0 Å². The number of nitrogens with one attached hydrogen (secondary N) is 1. The Bertz CT molecular complexity index is 1050. The molecule has 6 nitrogen and oxygen atoms in total. The van der Waals surface area contributed by atoms with Crippen LogP contribution in [0.3, 0.4) is 0 Å². The molecule has 0 aliphatic carbocycles. The average molecular weight is 364 g/mol. The zero-order valence-electron chi connectivity index (χ0n) is 13.1. The molecule has 0 saturated heterocycles. The van der Waals surface area contributed by atoms with Gasteiger partial charge >= 0.3 is 4.87 Å². The quantitative estimate of drug-likeness (QED) is 0.752. The van der Waals surface area contributed by atoms with Gasteiger partial charge in [-0.15, -0.1) is 0 Å². The number of ether oxygens (including phenoxy) is 1. The molecule has 0 radical (unpaired) electrons. The molecule has 1 aromatic heterocycles. The highest BCUT2D eigenvalue weighted by atomic mass is 32.2. The van der Waals surface area contributed by atoms with Gasteiger partial charge in [-0.2, -0.15) is 0 Å². The summed E-state index contributed by atoms with van der Waals surface area (Å²) in [6, 6.07) is 11.9. The highest BCUT2D eigenvalue weighted by Crippen LogP contribution is 2.21. The number of aryl methyl sites for hydroxylation is 1. The van der Waals surface area contributed by atoms with Crippen molar-refractivity contribution in [1.29, 1.82) is 0 Å². The predicted molar refractivity (Wildman–Crippen MR) is 94.1 cm³/mol. The molecule has 0 aliphatic rings. The number of nitrogens with zero attached hydrogens (tertiary/aromatic N) is 1. The number of sulfonamides is 1. The zero-order valence-corrected chi connectivity index (χ0v) is 14.8. The summed E-state index contributed by atoms with van der Waals surface area (Å²) in [5.74, 6) is 0.669. The van der Waals surface area contributed by atoms with E-state index in [0.29, 0.717) is 10.4 Å². The summed E-state index contributed by atoms with van der Waals surface area (Å²) in [6.45, 7) is 0.155. The van der Waals surface area contributed by atoms with Gasteiger partial charge in [-0.05, 0) is 35.9 Å². The smallest absolute Gasteiger partial charge is 0.307 e. The first-order chi connectivity index (χ1) is 11.4. The molecule has 8 heteroatoms. The average Bonchev–Trinajstić information content (AvgIpc) is 2.87. The fraction of sp³-hybridized carbons (Fsp3) is 0.188. The van der Waals surface area contributed by atoms with Gasteiger partial charge in [0.25, 0.3) is 0 Å². The van der Waals surface area contributed by atoms with Crippen LogP contribution in [0.1, 0.15) is 5.56 Å². The van der Waals surface area contributed by atoms with Gasteiger partial charge in [0.1, 0.15) is 5.75 Å². The first-order valence-corrected chi connectivity index (χ1v) is 9.43. The number of hydrogen-bond acceptors (Lipinski definition) is 5. The van der Waals surface area contributed by atoms with E-state index in [1.54, 1.807) is 38.4 Å². The Morgan fingerprint density at radius 2 is 2.00 bits per heavy atom. The lowest BCUT2D eigenvalue weighted by Gasteiger charge is -2.08. The molecule has 0 amide bonds. The number of rotatable bonds is 5. The van der Waals surface area contributed by atoms with E-state index in [1.807, 2.05) is 6.07 Å². The van der Waals surface area contributed by atoms with E-state index < -0.39 is 10.0 Å². The van der Waals surface area contributed by atoms with Crippen LogP contribution in [0.4, 0.5) is 0 Å². The van der Waals surface area contributed by atoms with Crippen LogP contribution in [0.2, 0.25) is 0 Å². The van der Waals surface area contributed by atoms with Gasteiger partial charge in [0, 0.05) is 13.6 Å². The molecule has 0 spiro atoms. The minimum absolute atomic E-state index is 0.121. The number of thiazole rings is 1. The summed E-state index contributed by atoms with van der Waals surface area (Å²) in [7, 11) is -0.446. The lowest BCUT2D eigenvalue weighted by molar-refractivity contribution is 0.414. The second-order valence-corrected chi connectivity index (χ2v) is 7.99. The van der Waals surface area contributed by atoms with E-state index in [1.165, 1.54) is 16.7 Å². The van der Waals surface area contributed by atoms with Crippen molar-refractivity contribution in [3.05, 3.63) is 57.7 Å². The number of methoxy groups -OCH3 is 1. The van der Waals surface area contributed by atoms with Crippen molar-refractivity contribution in [1.82, 2.24) is 9.29 Å². The van der Waals surface area contributed by atoms with Crippen LogP contribution in [0.15, 0.2) is 52.2 Å². The number of fused-ring (bicyclic) bond motifs is 1. The lowest BCUT2D eigenvalue weighted by Crippen LogP contribution is -2.23. The number of benzene rings is 2. The van der Waals surface area contributed by atoms with Gasteiger partial charge in [-0.25, -0.2) is 13.1 Å². The molecule has 2 aromatic carbocycles. The SMILES string of the molecule is COc1cccc(CNS(=O)(=O)c2ccc3c(c2)sc(=O)n3C)c1. The number of aromatic nitrogens is 1. The molecule has 1 heterocycles. The fourth-order valence-corrected chi connectivity index (χ4v) is 4.36. The minimum Gasteiger partial charge on any atom is -0.497 e. The molecule has 0 bridgehead atoms. The summed E-state index contributed by atoms with van der Waals surface area (Å²) in [5, 5.41) is 0. The third-order valence-electron chi connectivity index (χ3n) is 3.67. The Kier molecular flexibility index (Phi) is 4.44. The minimum atomic E-state index is -3.67. The van der Waals surface area contributed by atoms with Crippen molar-refractivity contribution >= 4 is 31.6 Å². The molecule has 126 valence electrons. The van der Waals surface area contributed by atoms with Crippen LogP contribution in [-0.4, -0.2) is 20.1 Å². The molecule has 3 aromatic rings.